The van der Waals surface area contributed by atoms with E-state index in [4.69, 9.17) is 5.26 Å². The number of nitrogens with zero attached hydrogens (tertiary/aromatic N) is 3. The van der Waals surface area contributed by atoms with Gasteiger partial charge in [-0.25, -0.2) is 4.39 Å². The molecule has 1 aliphatic heterocycles. The summed E-state index contributed by atoms with van der Waals surface area (Å²) in [5.74, 6) is -0.280. The number of halogens is 1. The van der Waals surface area contributed by atoms with Gasteiger partial charge >= 0.3 is 0 Å². The van der Waals surface area contributed by atoms with E-state index in [2.05, 4.69) is 11.8 Å². The van der Waals surface area contributed by atoms with Crippen LogP contribution in [0.1, 0.15) is 36.2 Å². The topological polar surface area (TPSA) is 47.3 Å². The van der Waals surface area contributed by atoms with Gasteiger partial charge in [0, 0.05) is 25.2 Å². The highest BCUT2D eigenvalue weighted by Crippen LogP contribution is 2.19. The Morgan fingerprint density at radius 3 is 2.82 bits per heavy atom. The van der Waals surface area contributed by atoms with Gasteiger partial charge in [0.05, 0.1) is 11.6 Å². The van der Waals surface area contributed by atoms with Gasteiger partial charge in [-0.2, -0.15) is 5.26 Å². The van der Waals surface area contributed by atoms with Gasteiger partial charge in [0.15, 0.2) is 0 Å². The molecule has 1 heterocycles. The molecule has 0 spiro atoms. The summed E-state index contributed by atoms with van der Waals surface area (Å²) < 4.78 is 13.5. The molecule has 4 nitrogen and oxygen atoms in total. The Morgan fingerprint density at radius 2 is 2.23 bits per heavy atom. The first-order valence-corrected chi connectivity index (χ1v) is 7.79. The lowest BCUT2D eigenvalue weighted by Crippen LogP contribution is -2.36. The molecule has 0 saturated carbocycles. The number of likely N-dealkylation sites (tertiary alicyclic amines) is 1. The number of rotatable bonds is 5. The van der Waals surface area contributed by atoms with Crippen molar-refractivity contribution in [1.29, 1.82) is 5.26 Å². The van der Waals surface area contributed by atoms with Gasteiger partial charge < -0.3 is 9.80 Å². The van der Waals surface area contributed by atoms with Crippen LogP contribution in [0.15, 0.2) is 18.2 Å². The Hall–Kier alpha value is -1.93. The van der Waals surface area contributed by atoms with Crippen LogP contribution in [-0.2, 0) is 0 Å². The average Bonchev–Trinajstić information content (AvgIpc) is 2.99. The van der Waals surface area contributed by atoms with Crippen LogP contribution in [0.2, 0.25) is 0 Å². The fourth-order valence-electron chi connectivity index (χ4n) is 2.98. The molecular formula is C17H22FN3O. The van der Waals surface area contributed by atoms with Gasteiger partial charge in [0.2, 0.25) is 0 Å². The Balaban J connectivity index is 2.09. The third-order valence-corrected chi connectivity index (χ3v) is 4.24. The van der Waals surface area contributed by atoms with Crippen LogP contribution < -0.4 is 0 Å². The second-order valence-corrected chi connectivity index (χ2v) is 5.73. The van der Waals surface area contributed by atoms with Crippen LogP contribution in [0, 0.1) is 23.1 Å². The first kappa shape index (κ1) is 16.4. The molecule has 1 fully saturated rings. The van der Waals surface area contributed by atoms with E-state index in [0.717, 1.165) is 32.1 Å². The minimum Gasteiger partial charge on any atom is -0.339 e. The zero-order valence-electron chi connectivity index (χ0n) is 13.2. The second kappa shape index (κ2) is 7.37. The third kappa shape index (κ3) is 3.83. The zero-order valence-corrected chi connectivity index (χ0v) is 13.2. The number of carbonyl (C=O) groups excluding carboxylic acids is 1. The van der Waals surface area contributed by atoms with Crippen molar-refractivity contribution in [3.8, 4) is 6.07 Å². The number of hydrogen-bond donors (Lipinski definition) is 0. The highest BCUT2D eigenvalue weighted by atomic mass is 19.1. The maximum absolute atomic E-state index is 13.5. The van der Waals surface area contributed by atoms with E-state index in [1.807, 2.05) is 13.0 Å². The summed E-state index contributed by atoms with van der Waals surface area (Å²) in [6, 6.07) is 5.70. The molecule has 0 radical (unpaired) electrons. The van der Waals surface area contributed by atoms with Crippen molar-refractivity contribution in [3.63, 3.8) is 0 Å². The number of carbonyl (C=O) groups is 1. The van der Waals surface area contributed by atoms with Crippen LogP contribution in [-0.4, -0.2) is 48.4 Å². The van der Waals surface area contributed by atoms with Gasteiger partial charge in [-0.1, -0.05) is 6.92 Å². The maximum Gasteiger partial charge on any atom is 0.254 e. The quantitative estimate of drug-likeness (QED) is 0.839. The summed E-state index contributed by atoms with van der Waals surface area (Å²) in [6.45, 7) is 8.45. The fraction of sp³-hybridized carbons (Fsp3) is 0.529. The maximum atomic E-state index is 13.5. The predicted octanol–water partition coefficient (Wildman–Crippen LogP) is 2.50. The largest absolute Gasteiger partial charge is 0.339 e. The van der Waals surface area contributed by atoms with E-state index in [0.29, 0.717) is 19.0 Å². The number of benzene rings is 1. The second-order valence-electron chi connectivity index (χ2n) is 5.73. The Morgan fingerprint density at radius 1 is 1.45 bits per heavy atom. The monoisotopic (exact) mass is 303 g/mol. The first-order chi connectivity index (χ1) is 10.6. The summed E-state index contributed by atoms with van der Waals surface area (Å²) in [5, 5.41) is 8.90. The summed E-state index contributed by atoms with van der Waals surface area (Å²) in [5.41, 5.74) is 0.432. The van der Waals surface area contributed by atoms with Crippen molar-refractivity contribution in [2.45, 2.75) is 20.3 Å². The molecule has 0 aromatic heterocycles. The van der Waals surface area contributed by atoms with E-state index in [1.165, 1.54) is 12.1 Å². The van der Waals surface area contributed by atoms with Crippen LogP contribution in [0.4, 0.5) is 4.39 Å². The fourth-order valence-corrected chi connectivity index (χ4v) is 2.98. The molecule has 1 atom stereocenters. The molecule has 1 saturated heterocycles. The van der Waals surface area contributed by atoms with Crippen molar-refractivity contribution in [3.05, 3.63) is 35.1 Å². The lowest BCUT2D eigenvalue weighted by molar-refractivity contribution is 0.0738. The van der Waals surface area contributed by atoms with Gasteiger partial charge in [-0.05, 0) is 50.6 Å². The van der Waals surface area contributed by atoms with Crippen LogP contribution in [0.3, 0.4) is 0 Å². The lowest BCUT2D eigenvalue weighted by Gasteiger charge is -2.24. The van der Waals surface area contributed by atoms with Crippen LogP contribution in [0.25, 0.3) is 0 Å². The summed E-state index contributed by atoms with van der Waals surface area (Å²) in [4.78, 5) is 16.7. The van der Waals surface area contributed by atoms with E-state index in [-0.39, 0.29) is 17.0 Å². The lowest BCUT2D eigenvalue weighted by atomic mass is 10.1. The molecule has 0 N–H and O–H groups in total. The molecule has 0 aliphatic carbocycles. The minimum absolute atomic E-state index is 0.178. The minimum atomic E-state index is -0.545. The van der Waals surface area contributed by atoms with Crippen molar-refractivity contribution >= 4 is 5.91 Å². The molecule has 1 aromatic rings. The number of nitriles is 1. The van der Waals surface area contributed by atoms with E-state index in [9.17, 15) is 9.18 Å². The highest BCUT2D eigenvalue weighted by molar-refractivity contribution is 5.94. The van der Waals surface area contributed by atoms with Crippen LogP contribution >= 0.6 is 0 Å². The van der Waals surface area contributed by atoms with Gasteiger partial charge in [0.1, 0.15) is 5.82 Å². The van der Waals surface area contributed by atoms with Gasteiger partial charge in [-0.3, -0.25) is 4.79 Å². The van der Waals surface area contributed by atoms with Gasteiger partial charge in [0.25, 0.3) is 5.91 Å². The Labute approximate surface area is 131 Å². The average molecular weight is 303 g/mol. The first-order valence-electron chi connectivity index (χ1n) is 7.79. The highest BCUT2D eigenvalue weighted by Gasteiger charge is 2.25. The van der Waals surface area contributed by atoms with E-state index in [1.54, 1.807) is 4.90 Å². The standard InChI is InChI=1S/C17H22FN3O/c1-3-20-6-5-13(11-20)12-21(4-2)17(22)15-7-14(10-19)8-16(18)9-15/h7-9,13H,3-6,11-12H2,1-2H3. The molecular weight excluding hydrogens is 281 g/mol. The number of amides is 1. The number of hydrogen-bond acceptors (Lipinski definition) is 3. The SMILES string of the molecule is CCN1CCC(CN(CC)C(=O)c2cc(F)cc(C#N)c2)C1. The van der Waals surface area contributed by atoms with Crippen molar-refractivity contribution < 1.29 is 9.18 Å². The van der Waals surface area contributed by atoms with Crippen molar-refractivity contribution in [2.24, 2.45) is 5.92 Å². The molecule has 0 bridgehead atoms. The molecule has 118 valence electrons. The van der Waals surface area contributed by atoms with Gasteiger partial charge in [-0.15, -0.1) is 0 Å². The van der Waals surface area contributed by atoms with Crippen molar-refractivity contribution in [1.82, 2.24) is 9.80 Å². The Kier molecular flexibility index (Phi) is 5.51. The molecule has 5 heteroatoms. The molecule has 1 aliphatic rings. The van der Waals surface area contributed by atoms with Crippen LogP contribution in [0.5, 0.6) is 0 Å². The van der Waals surface area contributed by atoms with E-state index >= 15 is 0 Å². The summed E-state index contributed by atoms with van der Waals surface area (Å²) >= 11 is 0. The molecule has 1 aromatic carbocycles. The van der Waals surface area contributed by atoms with Crippen molar-refractivity contribution in [2.75, 3.05) is 32.7 Å². The Bertz CT molecular complexity index is 582. The van der Waals surface area contributed by atoms with E-state index < -0.39 is 5.82 Å². The summed E-state index contributed by atoms with van der Waals surface area (Å²) in [6.07, 6.45) is 1.09. The zero-order chi connectivity index (χ0) is 16.1. The summed E-state index contributed by atoms with van der Waals surface area (Å²) in [7, 11) is 0. The molecule has 22 heavy (non-hydrogen) atoms. The smallest absolute Gasteiger partial charge is 0.254 e. The predicted molar refractivity (Wildman–Crippen MR) is 82.9 cm³/mol. The third-order valence-electron chi connectivity index (χ3n) is 4.24. The molecule has 1 unspecified atom stereocenters. The molecule has 1 amide bonds. The molecule has 2 rings (SSSR count). The normalized spacial score (nSPS) is 18.2.